The molecule has 1 aromatic rings. The van der Waals surface area contributed by atoms with Crippen molar-refractivity contribution < 1.29 is 23.1 Å². The van der Waals surface area contributed by atoms with Crippen molar-refractivity contribution in [1.29, 1.82) is 0 Å². The number of carboxylic acid groups (broad SMARTS) is 1. The van der Waals surface area contributed by atoms with Gasteiger partial charge >= 0.3 is 12.1 Å². The summed E-state index contributed by atoms with van der Waals surface area (Å²) in [5, 5.41) is 12.4. The number of rotatable bonds is 3. The fraction of sp³-hybridized carbons (Fsp3) is 0.471. The van der Waals surface area contributed by atoms with E-state index in [1.807, 2.05) is 0 Å². The van der Waals surface area contributed by atoms with Crippen LogP contribution in [0.5, 0.6) is 0 Å². The second-order valence-electron chi connectivity index (χ2n) is 5.86. The molecule has 3 unspecified atom stereocenters. The zero-order valence-electron chi connectivity index (χ0n) is 13.2. The Balaban J connectivity index is 2.68. The Morgan fingerprint density at radius 3 is 2.43 bits per heavy atom. The van der Waals surface area contributed by atoms with E-state index in [9.17, 15) is 23.1 Å². The molecule has 6 heteroatoms. The first-order valence-corrected chi connectivity index (χ1v) is 7.54. The van der Waals surface area contributed by atoms with Crippen LogP contribution in [0, 0.1) is 5.92 Å². The van der Waals surface area contributed by atoms with Crippen LogP contribution in [0.15, 0.2) is 29.8 Å². The summed E-state index contributed by atoms with van der Waals surface area (Å²) in [7, 11) is 0. The van der Waals surface area contributed by atoms with Gasteiger partial charge in [-0.25, -0.2) is 0 Å². The topological polar surface area (TPSA) is 49.3 Å². The van der Waals surface area contributed by atoms with E-state index >= 15 is 0 Å². The molecule has 0 saturated carbocycles. The molecule has 1 aliphatic rings. The number of carboxylic acids is 1. The van der Waals surface area contributed by atoms with Crippen molar-refractivity contribution in [1.82, 2.24) is 5.32 Å². The normalized spacial score (nSPS) is 25.6. The largest absolute Gasteiger partial charge is 0.480 e. The fourth-order valence-corrected chi connectivity index (χ4v) is 3.26. The van der Waals surface area contributed by atoms with Gasteiger partial charge in [-0.15, -0.1) is 0 Å². The van der Waals surface area contributed by atoms with E-state index in [1.165, 1.54) is 12.1 Å². The summed E-state index contributed by atoms with van der Waals surface area (Å²) < 4.78 is 40.1. The lowest BCUT2D eigenvalue weighted by molar-refractivity contribution is -0.140. The first-order chi connectivity index (χ1) is 10.7. The summed E-state index contributed by atoms with van der Waals surface area (Å²) in [4.78, 5) is 11.5. The van der Waals surface area contributed by atoms with Crippen molar-refractivity contribution >= 4 is 11.5 Å². The lowest BCUT2D eigenvalue weighted by atomic mass is 9.76. The molecule has 0 saturated heterocycles. The monoisotopic (exact) mass is 327 g/mol. The predicted molar refractivity (Wildman–Crippen MR) is 81.8 cm³/mol. The third kappa shape index (κ3) is 3.27. The average molecular weight is 327 g/mol. The Labute approximate surface area is 133 Å². The first kappa shape index (κ1) is 17.5. The van der Waals surface area contributed by atoms with E-state index in [2.05, 4.69) is 5.32 Å². The summed E-state index contributed by atoms with van der Waals surface area (Å²) in [6, 6.07) is 4.19. The molecule has 2 N–H and O–H groups in total. The van der Waals surface area contributed by atoms with E-state index < -0.39 is 29.7 Å². The summed E-state index contributed by atoms with van der Waals surface area (Å²) in [5.41, 5.74) is 0.625. The number of nitrogens with one attached hydrogen (secondary N) is 1. The van der Waals surface area contributed by atoms with Crippen LogP contribution in [0.25, 0.3) is 5.57 Å². The Bertz CT molecular complexity index is 637. The zero-order chi connectivity index (χ0) is 17.4. The predicted octanol–water partition coefficient (Wildman–Crippen LogP) is 3.95. The molecule has 0 fully saturated rings. The molecule has 23 heavy (non-hydrogen) atoms. The van der Waals surface area contributed by atoms with Crippen LogP contribution in [-0.2, 0) is 11.0 Å². The molecule has 0 radical (unpaired) electrons. The number of benzene rings is 1. The van der Waals surface area contributed by atoms with Gasteiger partial charge in [0.1, 0.15) is 6.04 Å². The van der Waals surface area contributed by atoms with Crippen LogP contribution in [0.4, 0.5) is 13.2 Å². The number of hydrogen-bond donors (Lipinski definition) is 2. The number of halogens is 3. The molecule has 0 aromatic heterocycles. The van der Waals surface area contributed by atoms with Crippen molar-refractivity contribution in [3.05, 3.63) is 41.0 Å². The summed E-state index contributed by atoms with van der Waals surface area (Å²) in [5.74, 6) is -1.55. The van der Waals surface area contributed by atoms with Gasteiger partial charge in [-0.1, -0.05) is 30.7 Å². The van der Waals surface area contributed by atoms with E-state index in [0.29, 0.717) is 12.0 Å². The van der Waals surface area contributed by atoms with Crippen molar-refractivity contribution in [2.75, 3.05) is 0 Å². The van der Waals surface area contributed by atoms with Crippen molar-refractivity contribution in [3.8, 4) is 0 Å². The molecule has 1 aromatic carbocycles. The van der Waals surface area contributed by atoms with Gasteiger partial charge in [0.05, 0.1) is 5.56 Å². The maximum absolute atomic E-state index is 13.4. The molecule has 0 spiro atoms. The van der Waals surface area contributed by atoms with Gasteiger partial charge in [-0.3, -0.25) is 10.1 Å². The highest BCUT2D eigenvalue weighted by Gasteiger charge is 2.41. The minimum atomic E-state index is -4.48. The SMILES string of the molecule is CCC1C(c2ccccc2C(F)(F)F)=C(C)C(C)NC1C(=O)O. The second-order valence-corrected chi connectivity index (χ2v) is 5.86. The summed E-state index contributed by atoms with van der Waals surface area (Å²) in [6.07, 6.45) is -4.04. The smallest absolute Gasteiger partial charge is 0.416 e. The summed E-state index contributed by atoms with van der Waals surface area (Å²) in [6.45, 7) is 5.33. The standard InChI is InChI=1S/C17H20F3NO2/c1-4-11-14(9(2)10(3)21-15(11)16(22)23)12-7-5-6-8-13(12)17(18,19)20/h5-8,10-11,15,21H,4H2,1-3H3,(H,22,23). The third-order valence-electron chi connectivity index (χ3n) is 4.51. The van der Waals surface area contributed by atoms with Gasteiger partial charge in [0.25, 0.3) is 0 Å². The zero-order valence-corrected chi connectivity index (χ0v) is 13.2. The molecule has 3 atom stereocenters. The molecular weight excluding hydrogens is 307 g/mol. The highest BCUT2D eigenvalue weighted by Crippen LogP contribution is 2.42. The van der Waals surface area contributed by atoms with Gasteiger partial charge in [-0.2, -0.15) is 13.2 Å². The highest BCUT2D eigenvalue weighted by atomic mass is 19.4. The van der Waals surface area contributed by atoms with E-state index in [0.717, 1.165) is 11.6 Å². The lowest BCUT2D eigenvalue weighted by Gasteiger charge is -2.37. The molecule has 1 aliphatic heterocycles. The Kier molecular flexibility index (Phi) is 4.84. The van der Waals surface area contributed by atoms with Gasteiger partial charge in [0.15, 0.2) is 0 Å². The van der Waals surface area contributed by atoms with E-state index in [1.54, 1.807) is 26.8 Å². The number of alkyl halides is 3. The molecule has 0 bridgehead atoms. The molecule has 126 valence electrons. The highest BCUT2D eigenvalue weighted by molar-refractivity contribution is 5.83. The van der Waals surface area contributed by atoms with Gasteiger partial charge < -0.3 is 5.11 Å². The van der Waals surface area contributed by atoms with E-state index in [4.69, 9.17) is 0 Å². The molecule has 1 heterocycles. The molecule has 0 aliphatic carbocycles. The average Bonchev–Trinajstić information content (AvgIpc) is 2.48. The molecular formula is C17H20F3NO2. The Morgan fingerprint density at radius 1 is 1.30 bits per heavy atom. The molecule has 2 rings (SSSR count). The Hall–Kier alpha value is -1.82. The lowest BCUT2D eigenvalue weighted by Crippen LogP contribution is -2.51. The van der Waals surface area contributed by atoms with Gasteiger partial charge in [-0.05, 0) is 37.5 Å². The number of hydrogen-bond acceptors (Lipinski definition) is 2. The van der Waals surface area contributed by atoms with Crippen LogP contribution in [0.1, 0.15) is 38.3 Å². The number of carbonyl (C=O) groups is 1. The summed E-state index contributed by atoms with van der Waals surface area (Å²) >= 11 is 0. The van der Waals surface area contributed by atoms with Gasteiger partial charge in [0.2, 0.25) is 0 Å². The number of aliphatic carboxylic acids is 1. The Morgan fingerprint density at radius 2 is 1.91 bits per heavy atom. The second kappa shape index (κ2) is 6.35. The molecule has 3 nitrogen and oxygen atoms in total. The van der Waals surface area contributed by atoms with Crippen molar-refractivity contribution in [2.24, 2.45) is 5.92 Å². The van der Waals surface area contributed by atoms with Gasteiger partial charge in [0, 0.05) is 12.0 Å². The van der Waals surface area contributed by atoms with E-state index in [-0.39, 0.29) is 11.6 Å². The van der Waals surface area contributed by atoms with Crippen molar-refractivity contribution in [2.45, 2.75) is 45.5 Å². The first-order valence-electron chi connectivity index (χ1n) is 7.54. The minimum absolute atomic E-state index is 0.0870. The maximum Gasteiger partial charge on any atom is 0.416 e. The fourth-order valence-electron chi connectivity index (χ4n) is 3.26. The van der Waals surface area contributed by atoms with Crippen LogP contribution >= 0.6 is 0 Å². The van der Waals surface area contributed by atoms with Crippen molar-refractivity contribution in [3.63, 3.8) is 0 Å². The van der Waals surface area contributed by atoms with Crippen LogP contribution in [0.2, 0.25) is 0 Å². The maximum atomic E-state index is 13.4. The minimum Gasteiger partial charge on any atom is -0.480 e. The van der Waals surface area contributed by atoms with Crippen LogP contribution in [-0.4, -0.2) is 23.2 Å². The van der Waals surface area contributed by atoms with Crippen LogP contribution < -0.4 is 5.32 Å². The third-order valence-corrected chi connectivity index (χ3v) is 4.51. The van der Waals surface area contributed by atoms with Crippen LogP contribution in [0.3, 0.4) is 0 Å². The molecule has 0 amide bonds. The quantitative estimate of drug-likeness (QED) is 0.884.